The van der Waals surface area contributed by atoms with Crippen molar-refractivity contribution in [1.82, 2.24) is 5.32 Å². The van der Waals surface area contributed by atoms with E-state index in [1.54, 1.807) is 12.1 Å². The Kier molecular flexibility index (Phi) is 6.07. The fourth-order valence-electron chi connectivity index (χ4n) is 2.39. The highest BCUT2D eigenvalue weighted by atomic mass is 16.5. The molecule has 5 nitrogen and oxygen atoms in total. The molecule has 2 rings (SSSR count). The minimum absolute atomic E-state index is 0.0588. The van der Waals surface area contributed by atoms with E-state index in [1.165, 1.54) is 0 Å². The van der Waals surface area contributed by atoms with Crippen molar-refractivity contribution in [1.29, 1.82) is 0 Å². The maximum Gasteiger partial charge on any atom is 0.319 e. The van der Waals surface area contributed by atoms with Crippen LogP contribution in [0.25, 0.3) is 0 Å². The van der Waals surface area contributed by atoms with Crippen LogP contribution in [-0.4, -0.2) is 24.3 Å². The van der Waals surface area contributed by atoms with Crippen molar-refractivity contribution < 1.29 is 14.6 Å². The summed E-state index contributed by atoms with van der Waals surface area (Å²) < 4.78 is 5.79. The molecule has 0 heterocycles. The van der Waals surface area contributed by atoms with Crippen LogP contribution in [0.2, 0.25) is 0 Å². The van der Waals surface area contributed by atoms with E-state index in [0.29, 0.717) is 25.3 Å². The number of hydrogen-bond acceptors (Lipinski definition) is 3. The van der Waals surface area contributed by atoms with E-state index in [-0.39, 0.29) is 11.8 Å². The standard InChI is InChI=1S/C19H24N2O3/c1-13-8-9-16(17(22)12-13)21-19(23)20-10-5-11-24-18-14(2)6-4-7-15(18)3/h4,6-9,12,22H,5,10-11H2,1-3H3,(H2,20,21,23). The van der Waals surface area contributed by atoms with Crippen LogP contribution in [0.4, 0.5) is 10.5 Å². The zero-order chi connectivity index (χ0) is 17.5. The lowest BCUT2D eigenvalue weighted by atomic mass is 10.1. The number of phenols is 1. The van der Waals surface area contributed by atoms with E-state index >= 15 is 0 Å². The summed E-state index contributed by atoms with van der Waals surface area (Å²) in [7, 11) is 0. The molecular formula is C19H24N2O3. The van der Waals surface area contributed by atoms with Gasteiger partial charge in [-0.25, -0.2) is 4.79 Å². The molecule has 2 aromatic rings. The van der Waals surface area contributed by atoms with Crippen molar-refractivity contribution in [3.63, 3.8) is 0 Å². The Morgan fingerprint density at radius 1 is 1.12 bits per heavy atom. The van der Waals surface area contributed by atoms with Crippen molar-refractivity contribution in [2.24, 2.45) is 0 Å². The first kappa shape index (κ1) is 17.7. The lowest BCUT2D eigenvalue weighted by Crippen LogP contribution is -2.30. The summed E-state index contributed by atoms with van der Waals surface area (Å²) in [6.07, 6.45) is 0.696. The third-order valence-corrected chi connectivity index (χ3v) is 3.66. The molecule has 0 aliphatic carbocycles. The number of aryl methyl sites for hydroxylation is 3. The number of hydrogen-bond donors (Lipinski definition) is 3. The highest BCUT2D eigenvalue weighted by Gasteiger charge is 2.06. The molecule has 0 unspecified atom stereocenters. The number of carbonyl (C=O) groups is 1. The average molecular weight is 328 g/mol. The quantitative estimate of drug-likeness (QED) is 0.556. The minimum atomic E-state index is -0.346. The van der Waals surface area contributed by atoms with E-state index in [1.807, 2.05) is 45.0 Å². The van der Waals surface area contributed by atoms with Crippen molar-refractivity contribution in [2.45, 2.75) is 27.2 Å². The molecule has 24 heavy (non-hydrogen) atoms. The van der Waals surface area contributed by atoms with E-state index in [2.05, 4.69) is 10.6 Å². The van der Waals surface area contributed by atoms with Crippen molar-refractivity contribution in [3.8, 4) is 11.5 Å². The van der Waals surface area contributed by atoms with Gasteiger partial charge in [-0.05, 0) is 56.0 Å². The molecule has 0 saturated carbocycles. The van der Waals surface area contributed by atoms with Crippen LogP contribution in [0.3, 0.4) is 0 Å². The summed E-state index contributed by atoms with van der Waals surface area (Å²) in [6, 6.07) is 10.8. The number of benzene rings is 2. The lowest BCUT2D eigenvalue weighted by molar-refractivity contribution is 0.250. The van der Waals surface area contributed by atoms with Crippen LogP contribution in [-0.2, 0) is 0 Å². The third-order valence-electron chi connectivity index (χ3n) is 3.66. The van der Waals surface area contributed by atoms with Crippen LogP contribution in [0.1, 0.15) is 23.1 Å². The highest BCUT2D eigenvalue weighted by molar-refractivity contribution is 5.90. The molecule has 2 aromatic carbocycles. The van der Waals surface area contributed by atoms with Gasteiger partial charge in [-0.2, -0.15) is 0 Å². The van der Waals surface area contributed by atoms with Gasteiger partial charge >= 0.3 is 6.03 Å². The number of urea groups is 1. The Labute approximate surface area is 142 Å². The molecule has 2 amide bonds. The third kappa shape index (κ3) is 4.91. The zero-order valence-electron chi connectivity index (χ0n) is 14.3. The molecule has 128 valence electrons. The largest absolute Gasteiger partial charge is 0.506 e. The second kappa shape index (κ2) is 8.24. The fourth-order valence-corrected chi connectivity index (χ4v) is 2.39. The normalized spacial score (nSPS) is 10.3. The molecule has 0 aliphatic rings. The molecule has 5 heteroatoms. The predicted octanol–water partition coefficient (Wildman–Crippen LogP) is 3.91. The van der Waals surface area contributed by atoms with Crippen LogP contribution in [0, 0.1) is 20.8 Å². The predicted molar refractivity (Wildman–Crippen MR) is 95.9 cm³/mol. The molecule has 0 spiro atoms. The number of amides is 2. The van der Waals surface area contributed by atoms with Gasteiger partial charge in [0, 0.05) is 6.54 Å². The van der Waals surface area contributed by atoms with Gasteiger partial charge in [0.1, 0.15) is 11.5 Å². The number of para-hydroxylation sites is 1. The number of phenolic OH excluding ortho intramolecular Hbond substituents is 1. The lowest BCUT2D eigenvalue weighted by Gasteiger charge is -2.12. The van der Waals surface area contributed by atoms with Gasteiger partial charge < -0.3 is 20.5 Å². The summed E-state index contributed by atoms with van der Waals surface area (Å²) in [6.45, 7) is 6.93. The van der Waals surface area contributed by atoms with Gasteiger partial charge in [0.05, 0.1) is 12.3 Å². The smallest absolute Gasteiger partial charge is 0.319 e. The molecule has 0 atom stereocenters. The summed E-state index contributed by atoms with van der Waals surface area (Å²) in [5.41, 5.74) is 3.54. The number of carbonyl (C=O) groups excluding carboxylic acids is 1. The van der Waals surface area contributed by atoms with E-state index in [9.17, 15) is 9.90 Å². The first-order valence-corrected chi connectivity index (χ1v) is 8.01. The van der Waals surface area contributed by atoms with E-state index in [4.69, 9.17) is 4.74 Å². The van der Waals surface area contributed by atoms with E-state index < -0.39 is 0 Å². The Bertz CT molecular complexity index is 694. The van der Waals surface area contributed by atoms with Gasteiger partial charge in [-0.3, -0.25) is 0 Å². The van der Waals surface area contributed by atoms with Gasteiger partial charge in [0.25, 0.3) is 0 Å². The minimum Gasteiger partial charge on any atom is -0.506 e. The Balaban J connectivity index is 1.71. The maximum atomic E-state index is 11.8. The first-order chi connectivity index (χ1) is 11.5. The second-order valence-electron chi connectivity index (χ2n) is 5.82. The van der Waals surface area contributed by atoms with Crippen molar-refractivity contribution in [3.05, 3.63) is 53.1 Å². The zero-order valence-corrected chi connectivity index (χ0v) is 14.3. The molecule has 3 N–H and O–H groups in total. The number of aromatic hydroxyl groups is 1. The van der Waals surface area contributed by atoms with Crippen LogP contribution in [0.5, 0.6) is 11.5 Å². The van der Waals surface area contributed by atoms with Crippen LogP contribution < -0.4 is 15.4 Å². The van der Waals surface area contributed by atoms with Gasteiger partial charge in [0.2, 0.25) is 0 Å². The fraction of sp³-hybridized carbons (Fsp3) is 0.316. The number of ether oxygens (including phenoxy) is 1. The summed E-state index contributed by atoms with van der Waals surface area (Å²) in [4.78, 5) is 11.8. The molecular weight excluding hydrogens is 304 g/mol. The SMILES string of the molecule is Cc1ccc(NC(=O)NCCCOc2c(C)cccc2C)c(O)c1. The average Bonchev–Trinajstić information content (AvgIpc) is 2.52. The molecule has 0 bridgehead atoms. The highest BCUT2D eigenvalue weighted by Crippen LogP contribution is 2.24. The summed E-state index contributed by atoms with van der Waals surface area (Å²) in [5.74, 6) is 0.968. The van der Waals surface area contributed by atoms with Gasteiger partial charge in [-0.1, -0.05) is 24.3 Å². The molecule has 0 fully saturated rings. The first-order valence-electron chi connectivity index (χ1n) is 8.01. The summed E-state index contributed by atoms with van der Waals surface area (Å²) in [5, 5.41) is 15.1. The van der Waals surface area contributed by atoms with Crippen LogP contribution >= 0.6 is 0 Å². The van der Waals surface area contributed by atoms with E-state index in [0.717, 1.165) is 22.4 Å². The number of rotatable bonds is 6. The molecule has 0 saturated heterocycles. The molecule has 0 aromatic heterocycles. The van der Waals surface area contributed by atoms with Crippen molar-refractivity contribution in [2.75, 3.05) is 18.5 Å². The monoisotopic (exact) mass is 328 g/mol. The topological polar surface area (TPSA) is 70.6 Å². The van der Waals surface area contributed by atoms with Gasteiger partial charge in [0.15, 0.2) is 0 Å². The summed E-state index contributed by atoms with van der Waals surface area (Å²) >= 11 is 0. The second-order valence-corrected chi connectivity index (χ2v) is 5.82. The maximum absolute atomic E-state index is 11.8. The molecule has 0 radical (unpaired) electrons. The number of nitrogens with one attached hydrogen (secondary N) is 2. The van der Waals surface area contributed by atoms with Crippen molar-refractivity contribution >= 4 is 11.7 Å². The Morgan fingerprint density at radius 2 is 1.83 bits per heavy atom. The Hall–Kier alpha value is -2.69. The Morgan fingerprint density at radius 3 is 2.50 bits per heavy atom. The van der Waals surface area contributed by atoms with Crippen LogP contribution in [0.15, 0.2) is 36.4 Å². The van der Waals surface area contributed by atoms with Gasteiger partial charge in [-0.15, -0.1) is 0 Å². The molecule has 0 aliphatic heterocycles. The number of anilines is 1.